The number of hydrogen-bond donors (Lipinski definition) is 2. The maximum absolute atomic E-state index is 11.7. The number of anilines is 1. The van der Waals surface area contributed by atoms with Gasteiger partial charge in [0.15, 0.2) is 5.82 Å². The minimum absolute atomic E-state index is 0.0830. The van der Waals surface area contributed by atoms with Crippen molar-refractivity contribution in [1.82, 2.24) is 10.3 Å². The van der Waals surface area contributed by atoms with E-state index >= 15 is 0 Å². The molecule has 1 amide bonds. The molecule has 2 N–H and O–H groups in total. The summed E-state index contributed by atoms with van der Waals surface area (Å²) >= 11 is 0. The molecule has 2 rings (SSSR count). The molecular weight excluding hydrogens is 258 g/mol. The molecule has 0 atom stereocenters. The molecule has 1 aliphatic heterocycles. The molecule has 1 aromatic rings. The Morgan fingerprint density at radius 2 is 2.35 bits per heavy atom. The third-order valence-corrected chi connectivity index (χ3v) is 2.80. The average molecular weight is 277 g/mol. The highest BCUT2D eigenvalue weighted by atomic mass is 16.7. The highest BCUT2D eigenvalue weighted by molar-refractivity contribution is 5.94. The van der Waals surface area contributed by atoms with Gasteiger partial charge in [-0.1, -0.05) is 12.2 Å². The van der Waals surface area contributed by atoms with Gasteiger partial charge in [0.25, 0.3) is 5.91 Å². The van der Waals surface area contributed by atoms with Gasteiger partial charge in [0.1, 0.15) is 5.60 Å². The summed E-state index contributed by atoms with van der Waals surface area (Å²) in [6.45, 7) is 4.69. The van der Waals surface area contributed by atoms with Crippen LogP contribution in [0.1, 0.15) is 24.2 Å². The Kier molecular flexibility index (Phi) is 4.36. The zero-order chi connectivity index (χ0) is 14.6. The van der Waals surface area contributed by atoms with Crippen molar-refractivity contribution in [3.8, 4) is 0 Å². The second kappa shape index (κ2) is 6.02. The largest absolute Gasteiger partial charge is 0.395 e. The first-order valence-corrected chi connectivity index (χ1v) is 6.51. The fourth-order valence-corrected chi connectivity index (χ4v) is 1.86. The summed E-state index contributed by atoms with van der Waals surface area (Å²) in [7, 11) is 0. The van der Waals surface area contributed by atoms with Crippen molar-refractivity contribution in [2.45, 2.75) is 19.4 Å². The molecule has 1 aromatic heterocycles. The number of aliphatic hydroxyl groups is 1. The minimum Gasteiger partial charge on any atom is -0.395 e. The van der Waals surface area contributed by atoms with E-state index < -0.39 is 0 Å². The van der Waals surface area contributed by atoms with Crippen LogP contribution >= 0.6 is 0 Å². The summed E-state index contributed by atoms with van der Waals surface area (Å²) in [6, 6.07) is 3.42. The molecule has 6 heteroatoms. The second-order valence-electron chi connectivity index (χ2n) is 5.04. The molecular formula is C14H19N3O3. The zero-order valence-electron chi connectivity index (χ0n) is 11.7. The Morgan fingerprint density at radius 3 is 2.95 bits per heavy atom. The molecule has 0 saturated heterocycles. The monoisotopic (exact) mass is 277 g/mol. The number of aromatic nitrogens is 1. The van der Waals surface area contributed by atoms with E-state index in [0.717, 1.165) is 0 Å². The van der Waals surface area contributed by atoms with Crippen LogP contribution in [-0.2, 0) is 4.84 Å². The number of nitrogens with one attached hydrogen (secondary N) is 1. The summed E-state index contributed by atoms with van der Waals surface area (Å²) < 4.78 is 0. The van der Waals surface area contributed by atoms with E-state index in [1.165, 1.54) is 6.20 Å². The molecule has 0 saturated carbocycles. The highest BCUT2D eigenvalue weighted by Gasteiger charge is 2.24. The number of rotatable bonds is 4. The molecule has 0 fully saturated rings. The van der Waals surface area contributed by atoms with E-state index in [4.69, 9.17) is 9.94 Å². The quantitative estimate of drug-likeness (QED) is 0.800. The van der Waals surface area contributed by atoms with Crippen molar-refractivity contribution in [2.24, 2.45) is 0 Å². The second-order valence-corrected chi connectivity index (χ2v) is 5.04. The molecule has 0 radical (unpaired) electrons. The van der Waals surface area contributed by atoms with E-state index in [0.29, 0.717) is 17.9 Å². The first kappa shape index (κ1) is 14.5. The zero-order valence-corrected chi connectivity index (χ0v) is 11.7. The van der Waals surface area contributed by atoms with Gasteiger partial charge in [0.2, 0.25) is 0 Å². The van der Waals surface area contributed by atoms with Gasteiger partial charge in [0.05, 0.1) is 18.7 Å². The highest BCUT2D eigenvalue weighted by Crippen LogP contribution is 2.22. The Labute approximate surface area is 118 Å². The van der Waals surface area contributed by atoms with Crippen LogP contribution in [-0.4, -0.2) is 41.3 Å². The third kappa shape index (κ3) is 3.55. The first-order chi connectivity index (χ1) is 9.52. The van der Waals surface area contributed by atoms with E-state index in [2.05, 4.69) is 10.3 Å². The van der Waals surface area contributed by atoms with Gasteiger partial charge in [-0.3, -0.25) is 9.63 Å². The number of pyridine rings is 1. The standard InChI is InChI=1S/C14H19N3O3/c1-14(2)6-3-8-17(20-14)12-5-4-11(10-16-12)13(19)15-7-9-18/h3-6,10,18H,7-9H2,1-2H3,(H,15,19). The first-order valence-electron chi connectivity index (χ1n) is 6.51. The molecule has 20 heavy (non-hydrogen) atoms. The van der Waals surface area contributed by atoms with Crippen molar-refractivity contribution >= 4 is 11.7 Å². The smallest absolute Gasteiger partial charge is 0.252 e. The molecule has 0 aromatic carbocycles. The van der Waals surface area contributed by atoms with Crippen molar-refractivity contribution < 1.29 is 14.7 Å². The summed E-state index contributed by atoms with van der Waals surface area (Å²) in [5.41, 5.74) is 0.0888. The van der Waals surface area contributed by atoms with Gasteiger partial charge in [-0.15, -0.1) is 0 Å². The number of nitrogens with zero attached hydrogens (tertiary/aromatic N) is 2. The molecule has 6 nitrogen and oxygen atoms in total. The summed E-state index contributed by atoms with van der Waals surface area (Å²) in [5.74, 6) is 0.402. The van der Waals surface area contributed by atoms with Gasteiger partial charge >= 0.3 is 0 Å². The van der Waals surface area contributed by atoms with Crippen LogP contribution in [0.15, 0.2) is 30.5 Å². The van der Waals surface area contributed by atoms with Crippen molar-refractivity contribution in [2.75, 3.05) is 24.8 Å². The SMILES string of the molecule is CC1(C)C=CCN(c2ccc(C(=O)NCCO)cn2)O1. The lowest BCUT2D eigenvalue weighted by molar-refractivity contribution is -0.00493. The number of carbonyl (C=O) groups is 1. The van der Waals surface area contributed by atoms with Crippen LogP contribution in [0.5, 0.6) is 0 Å². The maximum atomic E-state index is 11.7. The Morgan fingerprint density at radius 1 is 1.55 bits per heavy atom. The van der Waals surface area contributed by atoms with Crippen molar-refractivity contribution in [3.05, 3.63) is 36.0 Å². The van der Waals surface area contributed by atoms with Crippen LogP contribution in [0.4, 0.5) is 5.82 Å². The molecule has 0 spiro atoms. The van der Waals surface area contributed by atoms with E-state index in [9.17, 15) is 4.79 Å². The lowest BCUT2D eigenvalue weighted by Gasteiger charge is -2.33. The Hall–Kier alpha value is -1.92. The normalized spacial score (nSPS) is 17.1. The Balaban J connectivity index is 2.05. The predicted octanol–water partition coefficient (Wildman–Crippen LogP) is 0.890. The number of hydrogen-bond acceptors (Lipinski definition) is 5. The number of hydroxylamine groups is 1. The summed E-state index contributed by atoms with van der Waals surface area (Å²) in [4.78, 5) is 21.7. The summed E-state index contributed by atoms with van der Waals surface area (Å²) in [5, 5.41) is 12.9. The maximum Gasteiger partial charge on any atom is 0.252 e. The van der Waals surface area contributed by atoms with Gasteiger partial charge in [-0.05, 0) is 26.0 Å². The fourth-order valence-electron chi connectivity index (χ4n) is 1.86. The van der Waals surface area contributed by atoms with Crippen molar-refractivity contribution in [3.63, 3.8) is 0 Å². The molecule has 0 aliphatic carbocycles. The van der Waals surface area contributed by atoms with Crippen LogP contribution in [0.25, 0.3) is 0 Å². The third-order valence-electron chi connectivity index (χ3n) is 2.80. The lowest BCUT2D eigenvalue weighted by Crippen LogP contribution is -2.39. The van der Waals surface area contributed by atoms with Gasteiger partial charge in [-0.2, -0.15) is 0 Å². The van der Waals surface area contributed by atoms with E-state index in [1.807, 2.05) is 26.0 Å². The predicted molar refractivity (Wildman–Crippen MR) is 75.3 cm³/mol. The molecule has 108 valence electrons. The average Bonchev–Trinajstić information content (AvgIpc) is 2.44. The van der Waals surface area contributed by atoms with Crippen LogP contribution in [0, 0.1) is 0 Å². The number of carbonyl (C=O) groups excluding carboxylic acids is 1. The lowest BCUT2D eigenvalue weighted by atomic mass is 10.1. The molecule has 2 heterocycles. The number of aliphatic hydroxyl groups excluding tert-OH is 1. The van der Waals surface area contributed by atoms with Gasteiger partial charge in [0, 0.05) is 12.7 Å². The van der Waals surface area contributed by atoms with Crippen LogP contribution < -0.4 is 10.4 Å². The van der Waals surface area contributed by atoms with E-state index in [-0.39, 0.29) is 24.7 Å². The van der Waals surface area contributed by atoms with Crippen molar-refractivity contribution in [1.29, 1.82) is 0 Å². The molecule has 0 unspecified atom stereocenters. The van der Waals surface area contributed by atoms with E-state index in [1.54, 1.807) is 17.2 Å². The molecule has 1 aliphatic rings. The van der Waals surface area contributed by atoms with Gasteiger partial charge < -0.3 is 10.4 Å². The Bertz CT molecular complexity index is 497. The fraction of sp³-hybridized carbons (Fsp3) is 0.429. The van der Waals surface area contributed by atoms with Crippen LogP contribution in [0.3, 0.4) is 0 Å². The topological polar surface area (TPSA) is 74.7 Å². The van der Waals surface area contributed by atoms with Gasteiger partial charge in [-0.25, -0.2) is 10.0 Å². The van der Waals surface area contributed by atoms with Crippen LogP contribution in [0.2, 0.25) is 0 Å². The molecule has 0 bridgehead atoms. The minimum atomic E-state index is -0.364. The number of amides is 1. The summed E-state index contributed by atoms with van der Waals surface area (Å²) in [6.07, 6.45) is 5.52.